The van der Waals surface area contributed by atoms with Crippen LogP contribution in [0.2, 0.25) is 5.02 Å². The SMILES string of the molecule is CCn1nc(C)c(Cl)c1CC(O)C1(C)CCCS1. The van der Waals surface area contributed by atoms with Crippen LogP contribution in [0.25, 0.3) is 0 Å². The van der Waals surface area contributed by atoms with Crippen LogP contribution in [-0.4, -0.2) is 31.5 Å². The molecule has 102 valence electrons. The van der Waals surface area contributed by atoms with Gasteiger partial charge < -0.3 is 5.11 Å². The molecule has 0 bridgehead atoms. The van der Waals surface area contributed by atoms with E-state index in [-0.39, 0.29) is 10.9 Å². The predicted octanol–water partition coefficient (Wildman–Crippen LogP) is 3.05. The van der Waals surface area contributed by atoms with Crippen LogP contribution < -0.4 is 0 Å². The van der Waals surface area contributed by atoms with E-state index in [1.807, 2.05) is 30.3 Å². The van der Waals surface area contributed by atoms with E-state index in [1.165, 1.54) is 6.42 Å². The van der Waals surface area contributed by atoms with Crippen molar-refractivity contribution in [2.24, 2.45) is 0 Å². The number of aliphatic hydroxyl groups excluding tert-OH is 1. The third-order valence-electron chi connectivity index (χ3n) is 3.79. The number of thioether (sulfide) groups is 1. The van der Waals surface area contributed by atoms with Crippen molar-refractivity contribution >= 4 is 23.4 Å². The fraction of sp³-hybridized carbons (Fsp3) is 0.769. The minimum Gasteiger partial charge on any atom is -0.391 e. The van der Waals surface area contributed by atoms with Gasteiger partial charge in [0.1, 0.15) is 0 Å². The molecule has 18 heavy (non-hydrogen) atoms. The first-order valence-electron chi connectivity index (χ1n) is 6.51. The highest BCUT2D eigenvalue weighted by Crippen LogP contribution is 2.41. The maximum absolute atomic E-state index is 10.5. The Kier molecular flexibility index (Phi) is 4.29. The molecule has 1 fully saturated rings. The second-order valence-corrected chi connectivity index (χ2v) is 7.15. The summed E-state index contributed by atoms with van der Waals surface area (Å²) in [5.74, 6) is 1.15. The molecule has 2 atom stereocenters. The van der Waals surface area contributed by atoms with E-state index in [4.69, 9.17) is 11.6 Å². The molecule has 0 saturated carbocycles. The van der Waals surface area contributed by atoms with E-state index in [0.717, 1.165) is 30.1 Å². The van der Waals surface area contributed by atoms with Crippen LogP contribution >= 0.6 is 23.4 Å². The lowest BCUT2D eigenvalue weighted by Gasteiger charge is -2.29. The normalized spacial score (nSPS) is 25.6. The summed E-state index contributed by atoms with van der Waals surface area (Å²) in [7, 11) is 0. The number of halogens is 1. The fourth-order valence-corrected chi connectivity index (χ4v) is 4.06. The van der Waals surface area contributed by atoms with Crippen molar-refractivity contribution in [3.63, 3.8) is 0 Å². The van der Waals surface area contributed by atoms with Crippen LogP contribution in [0, 0.1) is 6.92 Å². The smallest absolute Gasteiger partial charge is 0.0848 e. The largest absolute Gasteiger partial charge is 0.391 e. The Balaban J connectivity index is 2.18. The molecule has 1 aliphatic heterocycles. The zero-order valence-corrected chi connectivity index (χ0v) is 12.8. The number of aryl methyl sites for hydroxylation is 2. The minimum atomic E-state index is -0.358. The summed E-state index contributed by atoms with van der Waals surface area (Å²) in [6.45, 7) is 6.91. The highest BCUT2D eigenvalue weighted by atomic mass is 35.5. The molecule has 0 amide bonds. The Morgan fingerprint density at radius 2 is 2.33 bits per heavy atom. The molecule has 5 heteroatoms. The van der Waals surface area contributed by atoms with E-state index < -0.39 is 0 Å². The van der Waals surface area contributed by atoms with Crippen molar-refractivity contribution in [1.29, 1.82) is 0 Å². The quantitative estimate of drug-likeness (QED) is 0.925. The summed E-state index contributed by atoms with van der Waals surface area (Å²) in [5, 5.41) is 15.6. The molecule has 1 aromatic heterocycles. The lowest BCUT2D eigenvalue weighted by Crippen LogP contribution is -2.36. The average Bonchev–Trinajstić information content (AvgIpc) is 2.89. The van der Waals surface area contributed by atoms with Crippen molar-refractivity contribution < 1.29 is 5.11 Å². The van der Waals surface area contributed by atoms with Gasteiger partial charge in [0.2, 0.25) is 0 Å². The van der Waals surface area contributed by atoms with Crippen LogP contribution in [0.3, 0.4) is 0 Å². The van der Waals surface area contributed by atoms with Gasteiger partial charge >= 0.3 is 0 Å². The highest BCUT2D eigenvalue weighted by Gasteiger charge is 2.37. The minimum absolute atomic E-state index is 0.0277. The van der Waals surface area contributed by atoms with Crippen LogP contribution in [0.15, 0.2) is 0 Å². The highest BCUT2D eigenvalue weighted by molar-refractivity contribution is 8.00. The molecule has 0 aliphatic carbocycles. The van der Waals surface area contributed by atoms with Crippen molar-refractivity contribution in [3.8, 4) is 0 Å². The monoisotopic (exact) mass is 288 g/mol. The average molecular weight is 289 g/mol. The van der Waals surface area contributed by atoms with Crippen LogP contribution in [0.1, 0.15) is 38.1 Å². The molecule has 0 radical (unpaired) electrons. The van der Waals surface area contributed by atoms with Gasteiger partial charge in [-0.05, 0) is 39.4 Å². The Bertz CT molecular complexity index is 427. The maximum atomic E-state index is 10.5. The lowest BCUT2D eigenvalue weighted by molar-refractivity contribution is 0.131. The van der Waals surface area contributed by atoms with Crippen LogP contribution in [0.5, 0.6) is 0 Å². The molecule has 2 rings (SSSR count). The predicted molar refractivity (Wildman–Crippen MR) is 77.5 cm³/mol. The Labute approximate surface area is 118 Å². The number of hydrogen-bond donors (Lipinski definition) is 1. The standard InChI is InChI=1S/C13H21ClN2OS/c1-4-16-10(12(14)9(2)15-16)8-11(17)13(3)6-5-7-18-13/h11,17H,4-8H2,1-3H3. The number of aromatic nitrogens is 2. The second-order valence-electron chi connectivity index (χ2n) is 5.15. The first-order valence-corrected chi connectivity index (χ1v) is 7.88. The molecule has 2 unspecified atom stereocenters. The van der Waals surface area contributed by atoms with Gasteiger partial charge in [0.05, 0.1) is 22.5 Å². The van der Waals surface area contributed by atoms with Crippen molar-refractivity contribution in [2.75, 3.05) is 5.75 Å². The van der Waals surface area contributed by atoms with Crippen molar-refractivity contribution in [1.82, 2.24) is 9.78 Å². The van der Waals surface area contributed by atoms with Crippen LogP contribution in [-0.2, 0) is 13.0 Å². The second kappa shape index (κ2) is 5.43. The number of nitrogens with zero attached hydrogens (tertiary/aromatic N) is 2. The summed E-state index contributed by atoms with van der Waals surface area (Å²) < 4.78 is 1.88. The zero-order valence-electron chi connectivity index (χ0n) is 11.2. The van der Waals surface area contributed by atoms with Gasteiger partial charge in [-0.15, -0.1) is 0 Å². The molecule has 2 heterocycles. The number of aliphatic hydroxyl groups is 1. The summed E-state index contributed by atoms with van der Waals surface area (Å²) in [6.07, 6.45) is 2.51. The van der Waals surface area contributed by atoms with Gasteiger partial charge in [-0.1, -0.05) is 11.6 Å². The maximum Gasteiger partial charge on any atom is 0.0848 e. The summed E-state index contributed by atoms with van der Waals surface area (Å²) in [6, 6.07) is 0. The number of hydrogen-bond acceptors (Lipinski definition) is 3. The summed E-state index contributed by atoms with van der Waals surface area (Å²) in [5.41, 5.74) is 1.82. The third kappa shape index (κ3) is 2.56. The third-order valence-corrected chi connectivity index (χ3v) is 5.91. The van der Waals surface area contributed by atoms with Gasteiger partial charge in [-0.2, -0.15) is 16.9 Å². The molecular formula is C13H21ClN2OS. The zero-order chi connectivity index (χ0) is 13.3. The Morgan fingerprint density at radius 3 is 2.89 bits per heavy atom. The fourth-order valence-electron chi connectivity index (χ4n) is 2.53. The van der Waals surface area contributed by atoms with Gasteiger partial charge in [0.25, 0.3) is 0 Å². The van der Waals surface area contributed by atoms with Crippen LogP contribution in [0.4, 0.5) is 0 Å². The molecule has 3 nitrogen and oxygen atoms in total. The van der Waals surface area contributed by atoms with Gasteiger partial charge in [0, 0.05) is 17.7 Å². The van der Waals surface area contributed by atoms with E-state index in [1.54, 1.807) is 0 Å². The number of rotatable bonds is 4. The molecule has 1 aliphatic rings. The van der Waals surface area contributed by atoms with E-state index >= 15 is 0 Å². The van der Waals surface area contributed by atoms with Gasteiger partial charge in [-0.25, -0.2) is 0 Å². The van der Waals surface area contributed by atoms with Crippen molar-refractivity contribution in [2.45, 2.75) is 57.4 Å². The molecular weight excluding hydrogens is 268 g/mol. The first kappa shape index (κ1) is 14.2. The molecule has 1 aromatic rings. The topological polar surface area (TPSA) is 38.0 Å². The lowest BCUT2D eigenvalue weighted by atomic mass is 9.95. The van der Waals surface area contributed by atoms with E-state index in [0.29, 0.717) is 11.4 Å². The molecule has 1 N–H and O–H groups in total. The van der Waals surface area contributed by atoms with Crippen molar-refractivity contribution in [3.05, 3.63) is 16.4 Å². The van der Waals surface area contributed by atoms with E-state index in [2.05, 4.69) is 12.0 Å². The Hall–Kier alpha value is -0.190. The molecule has 0 spiro atoms. The Morgan fingerprint density at radius 1 is 1.61 bits per heavy atom. The summed E-state index contributed by atoms with van der Waals surface area (Å²) in [4.78, 5) is 0. The molecule has 0 aromatic carbocycles. The van der Waals surface area contributed by atoms with Gasteiger partial charge in [-0.3, -0.25) is 4.68 Å². The summed E-state index contributed by atoms with van der Waals surface area (Å²) >= 11 is 8.16. The molecule has 1 saturated heterocycles. The first-order chi connectivity index (χ1) is 8.48. The van der Waals surface area contributed by atoms with E-state index in [9.17, 15) is 5.11 Å². The van der Waals surface area contributed by atoms with Gasteiger partial charge in [0.15, 0.2) is 0 Å².